The van der Waals surface area contributed by atoms with E-state index in [0.717, 1.165) is 17.9 Å². The van der Waals surface area contributed by atoms with Crippen LogP contribution in [0.2, 0.25) is 0 Å². The second kappa shape index (κ2) is 4.86. The van der Waals surface area contributed by atoms with Crippen molar-refractivity contribution in [3.8, 4) is 5.75 Å². The monoisotopic (exact) mass is 217 g/mol. The lowest BCUT2D eigenvalue weighted by Crippen LogP contribution is -1.96. The van der Waals surface area contributed by atoms with Crippen LogP contribution in [0.5, 0.6) is 5.75 Å². The number of aromatic nitrogens is 1. The first-order chi connectivity index (χ1) is 7.81. The zero-order chi connectivity index (χ0) is 11.4. The molecule has 0 unspecified atom stereocenters. The summed E-state index contributed by atoms with van der Waals surface area (Å²) >= 11 is 0. The van der Waals surface area contributed by atoms with E-state index in [1.54, 1.807) is 7.11 Å². The smallest absolute Gasteiger partial charge is 0.118 e. The number of rotatable bonds is 4. The van der Waals surface area contributed by atoms with E-state index in [2.05, 4.69) is 0 Å². The molecule has 0 aliphatic carbocycles. The van der Waals surface area contributed by atoms with E-state index in [0.29, 0.717) is 0 Å². The molecule has 0 spiro atoms. The fraction of sp³-hybridized carbons (Fsp3) is 0.231. The van der Waals surface area contributed by atoms with Gasteiger partial charge in [0.1, 0.15) is 5.75 Å². The van der Waals surface area contributed by atoms with Crippen LogP contribution in [0.1, 0.15) is 11.1 Å². The zero-order valence-corrected chi connectivity index (χ0v) is 9.26. The molecule has 0 amide bonds. The van der Waals surface area contributed by atoms with Crippen molar-refractivity contribution in [2.45, 2.75) is 13.2 Å². The Hall–Kier alpha value is -1.74. The Morgan fingerprint density at radius 1 is 1.12 bits per heavy atom. The summed E-state index contributed by atoms with van der Waals surface area (Å²) in [7, 11) is 1.66. The molecule has 2 aromatic rings. The van der Waals surface area contributed by atoms with Crippen LogP contribution < -0.4 is 4.74 Å². The van der Waals surface area contributed by atoms with Gasteiger partial charge in [-0.2, -0.15) is 0 Å². The minimum absolute atomic E-state index is 0.0929. The van der Waals surface area contributed by atoms with Gasteiger partial charge in [0.25, 0.3) is 0 Å². The lowest BCUT2D eigenvalue weighted by Gasteiger charge is -2.04. The van der Waals surface area contributed by atoms with Crippen LogP contribution in [0.25, 0.3) is 0 Å². The molecule has 3 heteroatoms. The molecule has 0 aliphatic rings. The largest absolute Gasteiger partial charge is 0.497 e. The van der Waals surface area contributed by atoms with Crippen molar-refractivity contribution in [1.82, 2.24) is 4.57 Å². The number of aliphatic hydroxyl groups excluding tert-OH is 1. The van der Waals surface area contributed by atoms with E-state index < -0.39 is 0 Å². The molecule has 0 atom stereocenters. The maximum absolute atomic E-state index is 8.96. The van der Waals surface area contributed by atoms with Crippen LogP contribution in [0.3, 0.4) is 0 Å². The molecule has 0 saturated carbocycles. The molecule has 84 valence electrons. The Morgan fingerprint density at radius 3 is 2.44 bits per heavy atom. The molecular weight excluding hydrogens is 202 g/mol. The highest BCUT2D eigenvalue weighted by Crippen LogP contribution is 2.13. The SMILES string of the molecule is COc1ccc(Cn2ccc(CO)c2)cc1. The van der Waals surface area contributed by atoms with E-state index >= 15 is 0 Å². The van der Waals surface area contributed by atoms with E-state index in [4.69, 9.17) is 9.84 Å². The molecule has 2 rings (SSSR count). The average Bonchev–Trinajstić information content (AvgIpc) is 2.78. The van der Waals surface area contributed by atoms with Gasteiger partial charge in [0.2, 0.25) is 0 Å². The molecule has 0 saturated heterocycles. The summed E-state index contributed by atoms with van der Waals surface area (Å²) in [5.74, 6) is 0.868. The average molecular weight is 217 g/mol. The topological polar surface area (TPSA) is 34.4 Å². The number of hydrogen-bond donors (Lipinski definition) is 1. The number of aliphatic hydroxyl groups is 1. The van der Waals surface area contributed by atoms with Crippen molar-refractivity contribution >= 4 is 0 Å². The summed E-state index contributed by atoms with van der Waals surface area (Å²) in [6, 6.07) is 9.90. The molecular formula is C13H15NO2. The Bertz CT molecular complexity index is 445. The molecule has 0 radical (unpaired) electrons. The molecule has 0 fully saturated rings. The third kappa shape index (κ3) is 2.44. The van der Waals surface area contributed by atoms with Crippen LogP contribution >= 0.6 is 0 Å². The highest BCUT2D eigenvalue weighted by molar-refractivity contribution is 5.27. The Labute approximate surface area is 94.9 Å². The minimum atomic E-state index is 0.0929. The van der Waals surface area contributed by atoms with E-state index in [9.17, 15) is 0 Å². The fourth-order valence-corrected chi connectivity index (χ4v) is 1.62. The fourth-order valence-electron chi connectivity index (χ4n) is 1.62. The maximum Gasteiger partial charge on any atom is 0.118 e. The number of nitrogens with zero attached hydrogens (tertiary/aromatic N) is 1. The lowest BCUT2D eigenvalue weighted by molar-refractivity contribution is 0.282. The van der Waals surface area contributed by atoms with Gasteiger partial charge in [-0.15, -0.1) is 0 Å². The summed E-state index contributed by atoms with van der Waals surface area (Å²) in [4.78, 5) is 0. The highest BCUT2D eigenvalue weighted by atomic mass is 16.5. The second-order valence-corrected chi connectivity index (χ2v) is 3.70. The molecule has 0 aliphatic heterocycles. The van der Waals surface area contributed by atoms with Crippen molar-refractivity contribution in [3.05, 3.63) is 53.9 Å². The van der Waals surface area contributed by atoms with Gasteiger partial charge in [-0.25, -0.2) is 0 Å². The Kier molecular flexibility index (Phi) is 3.27. The first-order valence-electron chi connectivity index (χ1n) is 5.20. The van der Waals surface area contributed by atoms with Crippen LogP contribution in [0.4, 0.5) is 0 Å². The van der Waals surface area contributed by atoms with Gasteiger partial charge in [-0.3, -0.25) is 0 Å². The van der Waals surface area contributed by atoms with Crippen LogP contribution in [0, 0.1) is 0 Å². The molecule has 16 heavy (non-hydrogen) atoms. The van der Waals surface area contributed by atoms with Gasteiger partial charge in [0, 0.05) is 18.9 Å². The summed E-state index contributed by atoms with van der Waals surface area (Å²) in [5.41, 5.74) is 2.15. The highest BCUT2D eigenvalue weighted by Gasteiger charge is 1.98. The molecule has 0 bridgehead atoms. The summed E-state index contributed by atoms with van der Waals surface area (Å²) in [6.07, 6.45) is 3.92. The summed E-state index contributed by atoms with van der Waals surface area (Å²) in [6.45, 7) is 0.902. The van der Waals surface area contributed by atoms with Crippen molar-refractivity contribution in [3.63, 3.8) is 0 Å². The lowest BCUT2D eigenvalue weighted by atomic mass is 10.2. The molecule has 1 heterocycles. The van der Waals surface area contributed by atoms with Crippen LogP contribution in [0.15, 0.2) is 42.7 Å². The predicted molar refractivity (Wildman–Crippen MR) is 62.5 cm³/mol. The summed E-state index contributed by atoms with van der Waals surface area (Å²) in [5, 5.41) is 8.96. The molecule has 1 aromatic carbocycles. The first-order valence-corrected chi connectivity index (χ1v) is 5.20. The van der Waals surface area contributed by atoms with E-state index in [-0.39, 0.29) is 6.61 Å². The molecule has 1 N–H and O–H groups in total. The Balaban J connectivity index is 2.08. The van der Waals surface area contributed by atoms with Crippen molar-refractivity contribution in [1.29, 1.82) is 0 Å². The summed E-state index contributed by atoms with van der Waals surface area (Å²) < 4.78 is 7.15. The van der Waals surface area contributed by atoms with Gasteiger partial charge in [-0.05, 0) is 29.3 Å². The number of methoxy groups -OCH3 is 1. The number of benzene rings is 1. The van der Waals surface area contributed by atoms with Crippen LogP contribution in [-0.2, 0) is 13.2 Å². The third-order valence-electron chi connectivity index (χ3n) is 2.52. The van der Waals surface area contributed by atoms with Gasteiger partial charge in [0.15, 0.2) is 0 Å². The predicted octanol–water partition coefficient (Wildman–Crippen LogP) is 2.04. The third-order valence-corrected chi connectivity index (χ3v) is 2.52. The van der Waals surface area contributed by atoms with Crippen molar-refractivity contribution in [2.24, 2.45) is 0 Å². The molecule has 1 aromatic heterocycles. The number of ether oxygens (including phenoxy) is 1. The maximum atomic E-state index is 8.96. The number of hydrogen-bond acceptors (Lipinski definition) is 2. The van der Waals surface area contributed by atoms with Crippen molar-refractivity contribution in [2.75, 3.05) is 7.11 Å². The van der Waals surface area contributed by atoms with Crippen molar-refractivity contribution < 1.29 is 9.84 Å². The van der Waals surface area contributed by atoms with E-state index in [1.807, 2.05) is 47.3 Å². The van der Waals surface area contributed by atoms with Gasteiger partial charge in [-0.1, -0.05) is 12.1 Å². The normalized spacial score (nSPS) is 10.4. The first kappa shape index (κ1) is 10.8. The Morgan fingerprint density at radius 2 is 1.88 bits per heavy atom. The van der Waals surface area contributed by atoms with Crippen LogP contribution in [-0.4, -0.2) is 16.8 Å². The zero-order valence-electron chi connectivity index (χ0n) is 9.26. The van der Waals surface area contributed by atoms with E-state index in [1.165, 1.54) is 5.56 Å². The molecule has 3 nitrogen and oxygen atoms in total. The quantitative estimate of drug-likeness (QED) is 0.850. The minimum Gasteiger partial charge on any atom is -0.497 e. The second-order valence-electron chi connectivity index (χ2n) is 3.70. The standard InChI is InChI=1S/C13H15NO2/c1-16-13-4-2-11(3-5-13)8-14-7-6-12(9-14)10-15/h2-7,9,15H,8,10H2,1H3. The van der Waals surface area contributed by atoms with Gasteiger partial charge < -0.3 is 14.4 Å². The van der Waals surface area contributed by atoms with Gasteiger partial charge >= 0.3 is 0 Å². The van der Waals surface area contributed by atoms with Gasteiger partial charge in [0.05, 0.1) is 13.7 Å².